The molecule has 5 N–H and O–H groups in total. The van der Waals surface area contributed by atoms with Gasteiger partial charge in [0.25, 0.3) is 0 Å². The third-order valence-corrected chi connectivity index (χ3v) is 7.41. The Kier molecular flexibility index (Phi) is 9.59. The summed E-state index contributed by atoms with van der Waals surface area (Å²) >= 11 is 0. The molecule has 0 aliphatic rings. The fraction of sp³-hybridized carbons (Fsp3) is 0.200. The zero-order valence-electron chi connectivity index (χ0n) is 24.5. The minimum atomic E-state index is -0.232. The lowest BCUT2D eigenvalue weighted by Gasteiger charge is -2.26. The molecule has 2 heterocycles. The smallest absolute Gasteiger partial charge is 0.161 e. The molecule has 44 heavy (non-hydrogen) atoms. The van der Waals surface area contributed by atoms with Crippen LogP contribution in [0.15, 0.2) is 97.3 Å². The van der Waals surface area contributed by atoms with Gasteiger partial charge in [-0.2, -0.15) is 0 Å². The number of phenols is 5. The average molecular weight is 593 g/mol. The van der Waals surface area contributed by atoms with E-state index in [0.29, 0.717) is 36.3 Å². The molecule has 9 nitrogen and oxygen atoms in total. The molecule has 0 fully saturated rings. The summed E-state index contributed by atoms with van der Waals surface area (Å²) in [5, 5.41) is 52.9. The second-order valence-corrected chi connectivity index (χ2v) is 10.9. The van der Waals surface area contributed by atoms with Crippen LogP contribution in [0.4, 0.5) is 0 Å². The Morgan fingerprint density at radius 3 is 1.34 bits per heavy atom. The highest BCUT2D eigenvalue weighted by atomic mass is 16.3. The molecule has 3 aromatic carbocycles. The third-order valence-electron chi connectivity index (χ3n) is 7.41. The molecule has 226 valence electrons. The van der Waals surface area contributed by atoms with Crippen molar-refractivity contribution in [2.24, 2.45) is 0 Å². The van der Waals surface area contributed by atoms with Gasteiger partial charge in [-0.25, -0.2) is 0 Å². The number of phenolic OH excluding ortho intramolecular Hbond substituents is 5. The average Bonchev–Trinajstić information content (AvgIpc) is 3.01. The molecule has 0 radical (unpaired) electrons. The summed E-state index contributed by atoms with van der Waals surface area (Å²) < 4.78 is 0. The van der Waals surface area contributed by atoms with Crippen molar-refractivity contribution in [3.63, 3.8) is 0 Å². The Bertz CT molecular complexity index is 1600. The van der Waals surface area contributed by atoms with E-state index in [9.17, 15) is 25.5 Å². The van der Waals surface area contributed by atoms with Gasteiger partial charge in [-0.1, -0.05) is 54.1 Å². The predicted molar refractivity (Wildman–Crippen MR) is 167 cm³/mol. The second-order valence-electron chi connectivity index (χ2n) is 10.9. The summed E-state index contributed by atoms with van der Waals surface area (Å²) in [6.07, 6.45) is 3.53. The first-order valence-corrected chi connectivity index (χ1v) is 14.3. The highest BCUT2D eigenvalue weighted by molar-refractivity contribution is 5.47. The van der Waals surface area contributed by atoms with Crippen molar-refractivity contribution in [2.75, 3.05) is 0 Å². The van der Waals surface area contributed by atoms with Crippen LogP contribution >= 0.6 is 0 Å². The van der Waals surface area contributed by atoms with Crippen LogP contribution in [0.25, 0.3) is 0 Å². The van der Waals surface area contributed by atoms with Crippen molar-refractivity contribution >= 4 is 0 Å². The van der Waals surface area contributed by atoms with E-state index in [4.69, 9.17) is 0 Å². The molecule has 0 saturated carbocycles. The number of hydrogen-bond acceptors (Lipinski definition) is 9. The maximum absolute atomic E-state index is 11.6. The van der Waals surface area contributed by atoms with Gasteiger partial charge >= 0.3 is 0 Å². The number of aromatic hydroxyl groups is 5. The number of benzene rings is 3. The highest BCUT2D eigenvalue weighted by Gasteiger charge is 2.20. The second kappa shape index (κ2) is 13.9. The quantitative estimate of drug-likeness (QED) is 0.115. The fourth-order valence-corrected chi connectivity index (χ4v) is 5.33. The van der Waals surface area contributed by atoms with Gasteiger partial charge in [-0.05, 0) is 43.3 Å². The summed E-state index contributed by atoms with van der Waals surface area (Å²) in [4.78, 5) is 13.1. The largest absolute Gasteiger partial charge is 0.507 e. The molecule has 5 aromatic rings. The molecule has 0 amide bonds. The number of para-hydroxylation sites is 2. The summed E-state index contributed by atoms with van der Waals surface area (Å²) in [7, 11) is 0. The lowest BCUT2D eigenvalue weighted by Crippen LogP contribution is -2.25. The third kappa shape index (κ3) is 7.63. The summed E-state index contributed by atoms with van der Waals surface area (Å²) in [6, 6.07) is 25.0. The number of aromatic nitrogens is 2. The van der Waals surface area contributed by atoms with Gasteiger partial charge in [0.2, 0.25) is 0 Å². The molecule has 0 bridgehead atoms. The van der Waals surface area contributed by atoms with Gasteiger partial charge in [0.05, 0.1) is 11.4 Å². The van der Waals surface area contributed by atoms with Crippen LogP contribution in [0.5, 0.6) is 28.7 Å². The molecular weight excluding hydrogens is 556 g/mol. The predicted octanol–water partition coefficient (Wildman–Crippen LogP) is 5.72. The summed E-state index contributed by atoms with van der Waals surface area (Å²) in [6.45, 7) is 4.17. The van der Waals surface area contributed by atoms with Crippen LogP contribution in [0, 0.1) is 6.92 Å². The van der Waals surface area contributed by atoms with Gasteiger partial charge in [0.1, 0.15) is 5.75 Å². The first-order chi connectivity index (χ1) is 21.3. The Balaban J connectivity index is 1.45. The normalized spacial score (nSPS) is 11.3. The van der Waals surface area contributed by atoms with Crippen molar-refractivity contribution in [2.45, 2.75) is 46.2 Å². The number of rotatable bonds is 12. The standard InChI is InChI=1S/C35H36N4O5/c1-24-16-27(20-38(18-25-8-6-12-31(40)34(25)43)19-26-9-7-13-32(41)35(26)44)33(42)28(17-24)21-39(22-29-10-2-4-14-36-29)23-30-11-3-5-15-37-30/h2-17,40-44H,18-23H2,1H3. The van der Waals surface area contributed by atoms with Crippen LogP contribution in [0.3, 0.4) is 0 Å². The van der Waals surface area contributed by atoms with Gasteiger partial charge in [0.15, 0.2) is 23.0 Å². The number of nitrogens with zero attached hydrogens (tertiary/aromatic N) is 4. The molecule has 0 aliphatic carbocycles. The zero-order valence-corrected chi connectivity index (χ0v) is 24.5. The summed E-state index contributed by atoms with van der Waals surface area (Å²) in [5.41, 5.74) is 5.13. The Labute approximate surface area is 256 Å². The van der Waals surface area contributed by atoms with E-state index in [1.807, 2.05) is 60.4 Å². The minimum absolute atomic E-state index is 0.146. The van der Waals surface area contributed by atoms with E-state index in [1.165, 1.54) is 12.1 Å². The monoisotopic (exact) mass is 592 g/mol. The van der Waals surface area contributed by atoms with Crippen LogP contribution < -0.4 is 0 Å². The molecule has 5 rings (SSSR count). The van der Waals surface area contributed by atoms with Crippen molar-refractivity contribution in [3.05, 3.63) is 137 Å². The van der Waals surface area contributed by atoms with Gasteiger partial charge in [-0.15, -0.1) is 0 Å². The number of pyridine rings is 2. The number of aryl methyl sites for hydroxylation is 1. The molecule has 0 unspecified atom stereocenters. The maximum atomic E-state index is 11.6. The van der Waals surface area contributed by atoms with E-state index in [2.05, 4.69) is 14.9 Å². The van der Waals surface area contributed by atoms with Crippen LogP contribution in [0.2, 0.25) is 0 Å². The SMILES string of the molecule is Cc1cc(CN(Cc2ccccn2)Cc2ccccn2)c(O)c(CN(Cc2cccc(O)c2O)Cc2cccc(O)c2O)c1. The number of hydrogen-bond donors (Lipinski definition) is 5. The fourth-order valence-electron chi connectivity index (χ4n) is 5.33. The minimum Gasteiger partial charge on any atom is -0.507 e. The van der Waals surface area contributed by atoms with Crippen molar-refractivity contribution < 1.29 is 25.5 Å². The molecule has 0 spiro atoms. The maximum Gasteiger partial charge on any atom is 0.161 e. The zero-order chi connectivity index (χ0) is 31.1. The van der Waals surface area contributed by atoms with Crippen LogP contribution in [-0.4, -0.2) is 45.3 Å². The molecule has 0 aliphatic heterocycles. The van der Waals surface area contributed by atoms with E-state index >= 15 is 0 Å². The van der Waals surface area contributed by atoms with E-state index in [0.717, 1.165) is 22.5 Å². The van der Waals surface area contributed by atoms with Crippen molar-refractivity contribution in [1.29, 1.82) is 0 Å². The molecular formula is C35H36N4O5. The van der Waals surface area contributed by atoms with Crippen molar-refractivity contribution in [1.82, 2.24) is 19.8 Å². The summed E-state index contributed by atoms with van der Waals surface area (Å²) in [5.74, 6) is -0.778. The Morgan fingerprint density at radius 1 is 0.477 bits per heavy atom. The van der Waals surface area contributed by atoms with Gasteiger partial charge in [0, 0.05) is 73.9 Å². The Hall–Kier alpha value is -5.12. The van der Waals surface area contributed by atoms with Gasteiger partial charge < -0.3 is 25.5 Å². The van der Waals surface area contributed by atoms with E-state index < -0.39 is 0 Å². The Morgan fingerprint density at radius 2 is 0.909 bits per heavy atom. The lowest BCUT2D eigenvalue weighted by atomic mass is 10.0. The lowest BCUT2D eigenvalue weighted by molar-refractivity contribution is 0.230. The van der Waals surface area contributed by atoms with Gasteiger partial charge in [-0.3, -0.25) is 19.8 Å². The first kappa shape index (κ1) is 30.3. The van der Waals surface area contributed by atoms with Crippen LogP contribution in [0.1, 0.15) is 39.2 Å². The van der Waals surface area contributed by atoms with Crippen LogP contribution in [-0.2, 0) is 39.3 Å². The molecule has 0 saturated heterocycles. The van der Waals surface area contributed by atoms with E-state index in [1.54, 1.807) is 36.7 Å². The first-order valence-electron chi connectivity index (χ1n) is 14.3. The topological polar surface area (TPSA) is 133 Å². The molecule has 2 aromatic heterocycles. The molecule has 9 heteroatoms. The highest BCUT2D eigenvalue weighted by Crippen LogP contribution is 2.34. The van der Waals surface area contributed by atoms with Crippen molar-refractivity contribution in [3.8, 4) is 28.7 Å². The molecule has 0 atom stereocenters. The van der Waals surface area contributed by atoms with E-state index in [-0.39, 0.29) is 48.4 Å².